The second-order valence-corrected chi connectivity index (χ2v) is 4.99. The average molecular weight is 330 g/mol. The summed E-state index contributed by atoms with van der Waals surface area (Å²) in [7, 11) is 6.40. The number of hydrogen-bond acceptors (Lipinski definition) is 6. The van der Waals surface area contributed by atoms with E-state index in [9.17, 15) is 0 Å². The summed E-state index contributed by atoms with van der Waals surface area (Å²) in [5.41, 5.74) is 3.35. The van der Waals surface area contributed by atoms with Gasteiger partial charge in [0, 0.05) is 39.6 Å². The Kier molecular flexibility index (Phi) is 7.02. The maximum atomic E-state index is 5.21. The molecule has 0 fully saturated rings. The lowest BCUT2D eigenvalue weighted by molar-refractivity contribution is -0.106. The molecule has 0 aliphatic rings. The largest absolute Gasteiger partial charge is 0.352 e. The molecule has 0 aliphatic heterocycles. The Morgan fingerprint density at radius 3 is 1.08 bits per heavy atom. The minimum Gasteiger partial charge on any atom is -0.352 e. The van der Waals surface area contributed by atoms with Gasteiger partial charge in [-0.3, -0.25) is 0 Å². The van der Waals surface area contributed by atoms with Crippen molar-refractivity contribution in [1.82, 2.24) is 0 Å². The number of ether oxygens (including phenoxy) is 4. The standard InChI is InChI=1S/C18H22N2O4/c1-21-17(22-2)13-5-9-15(10-6-13)19-20-16-11-7-14(8-12-16)18(23-3)24-4/h5-12,17-18H,1-4H3. The molecule has 0 atom stereocenters. The normalized spacial score (nSPS) is 11.8. The zero-order valence-corrected chi connectivity index (χ0v) is 14.3. The van der Waals surface area contributed by atoms with E-state index in [2.05, 4.69) is 10.2 Å². The summed E-state index contributed by atoms with van der Waals surface area (Å²) < 4.78 is 20.8. The van der Waals surface area contributed by atoms with E-state index in [0.29, 0.717) is 0 Å². The molecule has 0 heterocycles. The second kappa shape index (κ2) is 9.24. The van der Waals surface area contributed by atoms with E-state index >= 15 is 0 Å². The highest BCUT2D eigenvalue weighted by Crippen LogP contribution is 2.24. The average Bonchev–Trinajstić information content (AvgIpc) is 2.64. The van der Waals surface area contributed by atoms with Gasteiger partial charge >= 0.3 is 0 Å². The van der Waals surface area contributed by atoms with Gasteiger partial charge in [-0.05, 0) is 24.3 Å². The van der Waals surface area contributed by atoms with Crippen molar-refractivity contribution in [3.63, 3.8) is 0 Å². The number of nitrogens with zero attached hydrogens (tertiary/aromatic N) is 2. The van der Waals surface area contributed by atoms with Crippen LogP contribution in [0.5, 0.6) is 0 Å². The van der Waals surface area contributed by atoms with Crippen LogP contribution >= 0.6 is 0 Å². The predicted octanol–water partition coefficient (Wildman–Crippen LogP) is 4.68. The molecule has 0 saturated carbocycles. The highest BCUT2D eigenvalue weighted by Gasteiger charge is 2.09. The third-order valence-electron chi connectivity index (χ3n) is 3.47. The molecule has 24 heavy (non-hydrogen) atoms. The first-order valence-electron chi connectivity index (χ1n) is 7.44. The molecule has 0 unspecified atom stereocenters. The molecular weight excluding hydrogens is 308 g/mol. The zero-order valence-electron chi connectivity index (χ0n) is 14.3. The first kappa shape index (κ1) is 18.2. The highest BCUT2D eigenvalue weighted by atomic mass is 16.7. The molecular formula is C18H22N2O4. The molecule has 0 bridgehead atoms. The van der Waals surface area contributed by atoms with Gasteiger partial charge in [-0.15, -0.1) is 0 Å². The van der Waals surface area contributed by atoms with Crippen LogP contribution in [0.2, 0.25) is 0 Å². The van der Waals surface area contributed by atoms with Crippen LogP contribution in [0.4, 0.5) is 11.4 Å². The molecule has 6 nitrogen and oxygen atoms in total. The monoisotopic (exact) mass is 330 g/mol. The van der Waals surface area contributed by atoms with E-state index in [1.165, 1.54) is 0 Å². The Morgan fingerprint density at radius 2 is 0.833 bits per heavy atom. The van der Waals surface area contributed by atoms with Crippen molar-refractivity contribution in [3.8, 4) is 0 Å². The van der Waals surface area contributed by atoms with Crippen LogP contribution in [0.25, 0.3) is 0 Å². The van der Waals surface area contributed by atoms with Crippen LogP contribution in [0.1, 0.15) is 23.7 Å². The van der Waals surface area contributed by atoms with Crippen LogP contribution in [0.15, 0.2) is 58.8 Å². The lowest BCUT2D eigenvalue weighted by atomic mass is 10.2. The maximum Gasteiger partial charge on any atom is 0.183 e. The Bertz CT molecular complexity index is 576. The molecule has 0 aromatic heterocycles. The molecule has 6 heteroatoms. The molecule has 2 rings (SSSR count). The Morgan fingerprint density at radius 1 is 0.542 bits per heavy atom. The fourth-order valence-corrected chi connectivity index (χ4v) is 2.25. The van der Waals surface area contributed by atoms with Gasteiger partial charge < -0.3 is 18.9 Å². The van der Waals surface area contributed by atoms with Gasteiger partial charge in [0.25, 0.3) is 0 Å². The number of methoxy groups -OCH3 is 4. The van der Waals surface area contributed by atoms with Crippen molar-refractivity contribution in [2.75, 3.05) is 28.4 Å². The molecule has 128 valence electrons. The fraction of sp³-hybridized carbons (Fsp3) is 0.333. The summed E-state index contributed by atoms with van der Waals surface area (Å²) in [6.45, 7) is 0. The molecule has 0 spiro atoms. The van der Waals surface area contributed by atoms with Gasteiger partial charge in [0.15, 0.2) is 12.6 Å². The molecule has 0 saturated heterocycles. The van der Waals surface area contributed by atoms with Gasteiger partial charge in [-0.1, -0.05) is 24.3 Å². The van der Waals surface area contributed by atoms with E-state index in [1.54, 1.807) is 28.4 Å². The Hall–Kier alpha value is -2.12. The summed E-state index contributed by atoms with van der Waals surface area (Å²) in [4.78, 5) is 0. The number of azo groups is 1. The molecule has 2 aromatic rings. The maximum absolute atomic E-state index is 5.21. The predicted molar refractivity (Wildman–Crippen MR) is 90.6 cm³/mol. The molecule has 2 aromatic carbocycles. The van der Waals surface area contributed by atoms with Crippen LogP contribution in [-0.2, 0) is 18.9 Å². The minimum absolute atomic E-state index is 0.377. The van der Waals surface area contributed by atoms with Gasteiger partial charge in [-0.2, -0.15) is 10.2 Å². The summed E-state index contributed by atoms with van der Waals surface area (Å²) in [6.07, 6.45) is -0.754. The zero-order chi connectivity index (χ0) is 17.4. The van der Waals surface area contributed by atoms with E-state index in [0.717, 1.165) is 22.5 Å². The summed E-state index contributed by atoms with van der Waals surface area (Å²) in [6, 6.07) is 15.1. The Labute approximate surface area is 142 Å². The molecule has 0 amide bonds. The second-order valence-electron chi connectivity index (χ2n) is 4.99. The van der Waals surface area contributed by atoms with Crippen molar-refractivity contribution in [3.05, 3.63) is 59.7 Å². The van der Waals surface area contributed by atoms with Crippen molar-refractivity contribution in [1.29, 1.82) is 0 Å². The van der Waals surface area contributed by atoms with Gasteiger partial charge in [-0.25, -0.2) is 0 Å². The SMILES string of the molecule is COC(OC)c1ccc(N=Nc2ccc(C(OC)OC)cc2)cc1. The summed E-state index contributed by atoms with van der Waals surface area (Å²) in [5, 5.41) is 8.45. The van der Waals surface area contributed by atoms with Crippen molar-refractivity contribution in [2.45, 2.75) is 12.6 Å². The lowest BCUT2D eigenvalue weighted by Crippen LogP contribution is -2.02. The van der Waals surface area contributed by atoms with Gasteiger partial charge in [0.2, 0.25) is 0 Å². The topological polar surface area (TPSA) is 61.6 Å². The van der Waals surface area contributed by atoms with Crippen LogP contribution < -0.4 is 0 Å². The van der Waals surface area contributed by atoms with Crippen LogP contribution in [-0.4, -0.2) is 28.4 Å². The first-order valence-corrected chi connectivity index (χ1v) is 7.44. The van der Waals surface area contributed by atoms with Crippen molar-refractivity contribution < 1.29 is 18.9 Å². The van der Waals surface area contributed by atoms with E-state index in [4.69, 9.17) is 18.9 Å². The van der Waals surface area contributed by atoms with Crippen LogP contribution in [0.3, 0.4) is 0 Å². The number of hydrogen-bond donors (Lipinski definition) is 0. The lowest BCUT2D eigenvalue weighted by Gasteiger charge is -2.13. The number of benzene rings is 2. The van der Waals surface area contributed by atoms with Crippen LogP contribution in [0, 0.1) is 0 Å². The smallest absolute Gasteiger partial charge is 0.183 e. The van der Waals surface area contributed by atoms with Crippen molar-refractivity contribution >= 4 is 11.4 Å². The fourth-order valence-electron chi connectivity index (χ4n) is 2.25. The quantitative estimate of drug-likeness (QED) is 0.520. The van der Waals surface area contributed by atoms with E-state index in [-0.39, 0.29) is 12.6 Å². The Balaban J connectivity index is 2.05. The third-order valence-corrected chi connectivity index (χ3v) is 3.47. The molecule has 0 N–H and O–H groups in total. The summed E-state index contributed by atoms with van der Waals surface area (Å²) >= 11 is 0. The summed E-state index contributed by atoms with van der Waals surface area (Å²) in [5.74, 6) is 0. The first-order chi connectivity index (χ1) is 11.7. The van der Waals surface area contributed by atoms with Gasteiger partial charge in [0.1, 0.15) is 0 Å². The molecule has 0 aliphatic carbocycles. The minimum atomic E-state index is -0.377. The number of rotatable bonds is 8. The van der Waals surface area contributed by atoms with E-state index < -0.39 is 0 Å². The van der Waals surface area contributed by atoms with Crippen molar-refractivity contribution in [2.24, 2.45) is 10.2 Å². The van der Waals surface area contributed by atoms with E-state index in [1.807, 2.05) is 48.5 Å². The molecule has 0 radical (unpaired) electrons. The highest BCUT2D eigenvalue weighted by molar-refractivity contribution is 5.42. The van der Waals surface area contributed by atoms with Gasteiger partial charge in [0.05, 0.1) is 11.4 Å². The third kappa shape index (κ3) is 4.69.